The zero-order valence-corrected chi connectivity index (χ0v) is 16.4. The molecule has 146 valence electrons. The smallest absolute Gasteiger partial charge is 0.264 e. The Hall–Kier alpha value is -3.35. The summed E-state index contributed by atoms with van der Waals surface area (Å²) in [6.45, 7) is 6.17. The molecular formula is C21H24N4O3. The number of H-pyrrole nitrogens is 1. The number of nitrogens with one attached hydrogen (secondary N) is 2. The summed E-state index contributed by atoms with van der Waals surface area (Å²) in [6, 6.07) is 15.1. The van der Waals surface area contributed by atoms with E-state index in [9.17, 15) is 4.79 Å². The lowest BCUT2D eigenvalue weighted by Gasteiger charge is -2.22. The molecule has 0 radical (unpaired) electrons. The first kappa shape index (κ1) is 19.4. The predicted octanol–water partition coefficient (Wildman–Crippen LogP) is 3.80. The molecule has 28 heavy (non-hydrogen) atoms. The van der Waals surface area contributed by atoms with Gasteiger partial charge in [-0.15, -0.1) is 5.10 Å². The van der Waals surface area contributed by atoms with Crippen molar-refractivity contribution in [1.29, 1.82) is 0 Å². The van der Waals surface area contributed by atoms with Crippen LogP contribution in [-0.2, 0) is 10.2 Å². The molecule has 2 aromatic carbocycles. The molecular weight excluding hydrogens is 356 g/mol. The number of methoxy groups -OCH3 is 1. The molecule has 0 atom stereocenters. The number of aromatic amines is 1. The van der Waals surface area contributed by atoms with Gasteiger partial charge in [-0.3, -0.25) is 15.2 Å². The minimum atomic E-state index is -0.339. The van der Waals surface area contributed by atoms with Gasteiger partial charge in [0.2, 0.25) is 5.95 Å². The molecule has 0 saturated carbocycles. The SMILES string of the molecule is COc1ccccc1-c1nc(NC(=O)COc2ccccc2C(C)(C)C)n[nH]1. The Morgan fingerprint density at radius 3 is 2.46 bits per heavy atom. The van der Waals surface area contributed by atoms with Crippen molar-refractivity contribution in [3.8, 4) is 22.9 Å². The molecule has 3 rings (SSSR count). The Morgan fingerprint density at radius 1 is 1.07 bits per heavy atom. The average Bonchev–Trinajstić information content (AvgIpc) is 3.14. The molecule has 0 spiro atoms. The van der Waals surface area contributed by atoms with Gasteiger partial charge in [-0.25, -0.2) is 0 Å². The monoisotopic (exact) mass is 380 g/mol. The summed E-state index contributed by atoms with van der Waals surface area (Å²) < 4.78 is 11.0. The van der Waals surface area contributed by atoms with Crippen molar-refractivity contribution in [3.63, 3.8) is 0 Å². The minimum Gasteiger partial charge on any atom is -0.496 e. The third-order valence-corrected chi connectivity index (χ3v) is 4.15. The van der Waals surface area contributed by atoms with E-state index in [0.717, 1.165) is 11.1 Å². The highest BCUT2D eigenvalue weighted by Gasteiger charge is 2.19. The van der Waals surface area contributed by atoms with Crippen LogP contribution in [-0.4, -0.2) is 34.8 Å². The summed E-state index contributed by atoms with van der Waals surface area (Å²) in [7, 11) is 1.59. The molecule has 1 aromatic heterocycles. The number of para-hydroxylation sites is 2. The van der Waals surface area contributed by atoms with Gasteiger partial charge in [0.05, 0.1) is 12.7 Å². The van der Waals surface area contributed by atoms with Crippen LogP contribution in [0.2, 0.25) is 0 Å². The van der Waals surface area contributed by atoms with E-state index in [-0.39, 0.29) is 23.9 Å². The van der Waals surface area contributed by atoms with Gasteiger partial charge in [0, 0.05) is 0 Å². The Bertz CT molecular complexity index is 960. The molecule has 0 saturated heterocycles. The van der Waals surface area contributed by atoms with Crippen LogP contribution in [0, 0.1) is 0 Å². The first-order valence-corrected chi connectivity index (χ1v) is 8.96. The fraction of sp³-hybridized carbons (Fsp3) is 0.286. The lowest BCUT2D eigenvalue weighted by Crippen LogP contribution is -2.22. The summed E-state index contributed by atoms with van der Waals surface area (Å²) in [5.41, 5.74) is 1.72. The van der Waals surface area contributed by atoms with Gasteiger partial charge in [0.15, 0.2) is 12.4 Å². The summed E-state index contributed by atoms with van der Waals surface area (Å²) in [5.74, 6) is 1.70. The molecule has 0 aliphatic heterocycles. The molecule has 0 bridgehead atoms. The number of rotatable bonds is 6. The lowest BCUT2D eigenvalue weighted by atomic mass is 9.86. The molecule has 7 nitrogen and oxygen atoms in total. The fourth-order valence-electron chi connectivity index (χ4n) is 2.79. The van der Waals surface area contributed by atoms with E-state index in [0.29, 0.717) is 17.3 Å². The summed E-state index contributed by atoms with van der Waals surface area (Å²) in [5, 5.41) is 9.49. The second-order valence-electron chi connectivity index (χ2n) is 7.29. The maximum Gasteiger partial charge on any atom is 0.264 e. The lowest BCUT2D eigenvalue weighted by molar-refractivity contribution is -0.118. The maximum absolute atomic E-state index is 12.3. The number of carbonyl (C=O) groups is 1. The number of aromatic nitrogens is 3. The van der Waals surface area contributed by atoms with Crippen molar-refractivity contribution in [1.82, 2.24) is 15.2 Å². The first-order chi connectivity index (χ1) is 13.4. The molecule has 3 aromatic rings. The topological polar surface area (TPSA) is 89.1 Å². The van der Waals surface area contributed by atoms with E-state index >= 15 is 0 Å². The standard InChI is InChI=1S/C21H24N4O3/c1-21(2,3)15-10-6-8-12-17(15)28-13-18(26)22-20-23-19(24-25-20)14-9-5-7-11-16(14)27-4/h5-12H,13H2,1-4H3,(H2,22,23,24,25,26). The van der Waals surface area contributed by atoms with Gasteiger partial charge >= 0.3 is 0 Å². The van der Waals surface area contributed by atoms with Crippen molar-refractivity contribution in [2.45, 2.75) is 26.2 Å². The normalized spacial score (nSPS) is 11.1. The third-order valence-electron chi connectivity index (χ3n) is 4.15. The van der Waals surface area contributed by atoms with Crippen LogP contribution in [0.25, 0.3) is 11.4 Å². The van der Waals surface area contributed by atoms with Crippen molar-refractivity contribution < 1.29 is 14.3 Å². The van der Waals surface area contributed by atoms with E-state index in [1.54, 1.807) is 7.11 Å². The van der Waals surface area contributed by atoms with Crippen LogP contribution in [0.3, 0.4) is 0 Å². The molecule has 1 amide bonds. The quantitative estimate of drug-likeness (QED) is 0.679. The van der Waals surface area contributed by atoms with Crippen LogP contribution >= 0.6 is 0 Å². The second kappa shape index (κ2) is 8.12. The average molecular weight is 380 g/mol. The number of hydrogen-bond donors (Lipinski definition) is 2. The molecule has 7 heteroatoms. The number of ether oxygens (including phenoxy) is 2. The number of carbonyl (C=O) groups excluding carboxylic acids is 1. The van der Waals surface area contributed by atoms with Crippen LogP contribution in [0.15, 0.2) is 48.5 Å². The first-order valence-electron chi connectivity index (χ1n) is 8.96. The Kier molecular flexibility index (Phi) is 5.63. The molecule has 0 unspecified atom stereocenters. The van der Waals surface area contributed by atoms with Crippen LogP contribution in [0.4, 0.5) is 5.95 Å². The van der Waals surface area contributed by atoms with Gasteiger partial charge in [0.25, 0.3) is 5.91 Å². The summed E-state index contributed by atoms with van der Waals surface area (Å²) in [4.78, 5) is 16.6. The van der Waals surface area contributed by atoms with Crippen molar-refractivity contribution >= 4 is 11.9 Å². The van der Waals surface area contributed by atoms with Crippen LogP contribution in [0.1, 0.15) is 26.3 Å². The van der Waals surface area contributed by atoms with Crippen molar-refractivity contribution in [3.05, 3.63) is 54.1 Å². The van der Waals surface area contributed by atoms with Gasteiger partial charge in [0.1, 0.15) is 11.5 Å². The number of benzene rings is 2. The number of hydrogen-bond acceptors (Lipinski definition) is 5. The van der Waals surface area contributed by atoms with Gasteiger partial charge in [-0.1, -0.05) is 51.1 Å². The Balaban J connectivity index is 1.65. The zero-order chi connectivity index (χ0) is 20.1. The Labute approximate surface area is 164 Å². The third kappa shape index (κ3) is 4.49. The van der Waals surface area contributed by atoms with E-state index in [1.807, 2.05) is 48.5 Å². The van der Waals surface area contributed by atoms with E-state index in [4.69, 9.17) is 9.47 Å². The largest absolute Gasteiger partial charge is 0.496 e. The van der Waals surface area contributed by atoms with Crippen LogP contribution in [0.5, 0.6) is 11.5 Å². The van der Waals surface area contributed by atoms with E-state index < -0.39 is 0 Å². The van der Waals surface area contributed by atoms with Gasteiger partial charge in [-0.2, -0.15) is 4.98 Å². The van der Waals surface area contributed by atoms with E-state index in [2.05, 4.69) is 41.3 Å². The molecule has 0 aliphatic carbocycles. The van der Waals surface area contributed by atoms with Gasteiger partial charge < -0.3 is 9.47 Å². The van der Waals surface area contributed by atoms with E-state index in [1.165, 1.54) is 0 Å². The predicted molar refractivity (Wildman–Crippen MR) is 108 cm³/mol. The maximum atomic E-state index is 12.3. The molecule has 2 N–H and O–H groups in total. The number of amides is 1. The van der Waals surface area contributed by atoms with Crippen LogP contribution < -0.4 is 14.8 Å². The van der Waals surface area contributed by atoms with Gasteiger partial charge in [-0.05, 0) is 29.2 Å². The molecule has 1 heterocycles. The van der Waals surface area contributed by atoms with Crippen molar-refractivity contribution in [2.24, 2.45) is 0 Å². The highest BCUT2D eigenvalue weighted by molar-refractivity contribution is 5.90. The highest BCUT2D eigenvalue weighted by atomic mass is 16.5. The highest BCUT2D eigenvalue weighted by Crippen LogP contribution is 2.31. The molecule has 0 fully saturated rings. The summed E-state index contributed by atoms with van der Waals surface area (Å²) >= 11 is 0. The Morgan fingerprint density at radius 2 is 1.75 bits per heavy atom. The molecule has 0 aliphatic rings. The number of anilines is 1. The van der Waals surface area contributed by atoms with Crippen molar-refractivity contribution in [2.75, 3.05) is 19.0 Å². The minimum absolute atomic E-state index is 0.0829. The number of nitrogens with zero attached hydrogens (tertiary/aromatic N) is 2. The second-order valence-corrected chi connectivity index (χ2v) is 7.29. The zero-order valence-electron chi connectivity index (χ0n) is 16.4. The summed E-state index contributed by atoms with van der Waals surface area (Å²) in [6.07, 6.45) is 0. The fourth-order valence-corrected chi connectivity index (χ4v) is 2.79.